The predicted octanol–water partition coefficient (Wildman–Crippen LogP) is 13.9. The molecule has 0 unspecified atom stereocenters. The van der Waals surface area contributed by atoms with Gasteiger partial charge in [0.05, 0.1) is 46.4 Å². The topological polar surface area (TPSA) is 279 Å². The van der Waals surface area contributed by atoms with Crippen molar-refractivity contribution >= 4 is 79.4 Å². The number of nitro groups is 1. The second kappa shape index (κ2) is 33.1. The Labute approximate surface area is 665 Å². The molecule has 1 aromatic heterocycles. The van der Waals surface area contributed by atoms with Crippen LogP contribution in [0, 0.1) is 31.3 Å². The maximum absolute atomic E-state index is 13.7. The van der Waals surface area contributed by atoms with Crippen molar-refractivity contribution in [2.75, 3.05) is 78.8 Å². The summed E-state index contributed by atoms with van der Waals surface area (Å²) < 4.78 is 44.3. The number of nitrogens with two attached hydrogens (primary N) is 4. The first-order valence-corrected chi connectivity index (χ1v) is 39.3. The molecular formula is C86H85BrClFIN9O11. The number of halogens is 4. The molecule has 4 spiro atoms. The van der Waals surface area contributed by atoms with Crippen LogP contribution in [-0.4, -0.2) is 127 Å². The smallest absolute Gasteiger partial charge is 0.289 e. The van der Waals surface area contributed by atoms with Gasteiger partial charge in [-0.2, -0.15) is 0 Å². The van der Waals surface area contributed by atoms with Gasteiger partial charge in [0.1, 0.15) is 28.8 Å². The first kappa shape index (κ1) is 77.1. The number of carbonyl (C=O) groups is 4. The van der Waals surface area contributed by atoms with E-state index in [0.717, 1.165) is 132 Å². The molecule has 17 rings (SSSR count). The first-order chi connectivity index (χ1) is 53.2. The molecule has 4 saturated heterocycles. The summed E-state index contributed by atoms with van der Waals surface area (Å²) in [5.41, 5.74) is 34.4. The van der Waals surface area contributed by atoms with Crippen LogP contribution in [0.3, 0.4) is 0 Å². The molecule has 8 aromatic carbocycles. The lowest BCUT2D eigenvalue weighted by Crippen LogP contribution is -2.46. The molecule has 24 heteroatoms. The lowest BCUT2D eigenvalue weighted by molar-refractivity contribution is -0.385. The summed E-state index contributed by atoms with van der Waals surface area (Å²) in [4.78, 5) is 69.4. The van der Waals surface area contributed by atoms with Gasteiger partial charge in [-0.05, 0) is 209 Å². The summed E-state index contributed by atoms with van der Waals surface area (Å²) in [6.07, 6.45) is 6.91. The number of furan rings is 1. The molecule has 8 N–H and O–H groups in total. The Morgan fingerprint density at radius 2 is 0.836 bits per heavy atom. The van der Waals surface area contributed by atoms with Crippen molar-refractivity contribution in [3.8, 4) is 34.8 Å². The number of likely N-dealkylation sites (tertiary alicyclic amines) is 4. The molecule has 568 valence electrons. The number of hydrogen-bond donors (Lipinski definition) is 4. The van der Waals surface area contributed by atoms with Crippen molar-refractivity contribution in [2.45, 2.75) is 99.2 Å². The first-order valence-electron chi connectivity index (χ1n) is 37.1. The maximum Gasteiger partial charge on any atom is 0.289 e. The van der Waals surface area contributed by atoms with E-state index in [0.29, 0.717) is 105 Å². The fourth-order valence-electron chi connectivity index (χ4n) is 16.3. The Kier molecular flexibility index (Phi) is 23.2. The monoisotopic (exact) mass is 1680 g/mol. The van der Waals surface area contributed by atoms with E-state index >= 15 is 0 Å². The molecule has 0 aliphatic carbocycles. The van der Waals surface area contributed by atoms with E-state index in [1.165, 1.54) is 34.4 Å². The number of nitrogens with zero attached hydrogens (tertiary/aromatic N) is 5. The highest BCUT2D eigenvalue weighted by atomic mass is 127. The highest BCUT2D eigenvalue weighted by Crippen LogP contribution is 2.50. The number of hydrogen-bond acceptors (Lipinski definition) is 15. The minimum Gasteiger partial charge on any atom is -0.492 e. The lowest BCUT2D eigenvalue weighted by Gasteiger charge is -2.38. The number of carbonyl (C=O) groups excluding carboxylic acids is 4. The Balaban J connectivity index is 0.000000123. The van der Waals surface area contributed by atoms with Crippen molar-refractivity contribution < 1.29 is 51.9 Å². The van der Waals surface area contributed by atoms with Crippen molar-refractivity contribution in [1.29, 1.82) is 0 Å². The second-order valence-electron chi connectivity index (χ2n) is 29.4. The van der Waals surface area contributed by atoms with Gasteiger partial charge in [-0.1, -0.05) is 96.4 Å². The minimum atomic E-state index is -0.492. The van der Waals surface area contributed by atoms with Crippen LogP contribution in [0.4, 0.5) is 10.1 Å². The van der Waals surface area contributed by atoms with Crippen LogP contribution in [0.15, 0.2) is 185 Å². The normalized spacial score (nSPS) is 17.3. The van der Waals surface area contributed by atoms with Gasteiger partial charge in [0.2, 0.25) is 0 Å². The zero-order valence-corrected chi connectivity index (χ0v) is 65.3. The predicted molar refractivity (Wildman–Crippen MR) is 429 cm³/mol. The third-order valence-electron chi connectivity index (χ3n) is 23.0. The molecule has 0 saturated carbocycles. The van der Waals surface area contributed by atoms with Crippen LogP contribution in [0.25, 0.3) is 0 Å². The van der Waals surface area contributed by atoms with Gasteiger partial charge >= 0.3 is 0 Å². The van der Waals surface area contributed by atoms with Crippen LogP contribution < -0.4 is 41.9 Å². The van der Waals surface area contributed by atoms with Gasteiger partial charge < -0.3 is 65.9 Å². The quantitative estimate of drug-likeness (QED) is 0.0452. The third-order valence-corrected chi connectivity index (χ3v) is 25.3. The van der Waals surface area contributed by atoms with Gasteiger partial charge in [-0.3, -0.25) is 29.3 Å². The van der Waals surface area contributed by atoms with Crippen LogP contribution in [0.2, 0.25) is 5.02 Å². The third kappa shape index (κ3) is 16.0. The molecule has 20 nitrogen and oxygen atoms in total. The van der Waals surface area contributed by atoms with E-state index in [4.69, 9.17) is 57.9 Å². The number of benzene rings is 8. The van der Waals surface area contributed by atoms with E-state index in [1.807, 2.05) is 99.6 Å². The summed E-state index contributed by atoms with van der Waals surface area (Å²) in [6, 6.07) is 53.7. The van der Waals surface area contributed by atoms with Crippen LogP contribution >= 0.6 is 50.1 Å². The Bertz CT molecular complexity index is 5040. The number of rotatable bonds is 9. The van der Waals surface area contributed by atoms with Gasteiger partial charge in [0.25, 0.3) is 29.3 Å². The van der Waals surface area contributed by atoms with Crippen molar-refractivity contribution in [1.82, 2.24) is 19.6 Å². The summed E-state index contributed by atoms with van der Waals surface area (Å²) >= 11 is 11.4. The SMILES string of the molecule is NCc1ccc2c(c1)C1(CCN(C(=O)c3ccc(Br)c([N+](=O)[O-])c3)CC1)CO2.NCc1ccc2c(c1)C1(CCN(C(=O)c3ccc(C#Cc4ccccc4F)o3)CC1)CO2.NCc1ccc2c(c1)C1(CCN(C(=O)c3ccc(Cl)c(I)c3)CC1)CO2.NCc1ccc2c(c1)C1(CCN(C(=O)c3ccccc3)CC1)CO2. The van der Waals surface area contributed by atoms with Crippen molar-refractivity contribution in [3.05, 3.63) is 283 Å². The minimum absolute atomic E-state index is 0.00567. The van der Waals surface area contributed by atoms with E-state index < -0.39 is 4.92 Å². The highest BCUT2D eigenvalue weighted by Gasteiger charge is 2.48. The maximum atomic E-state index is 13.7. The number of piperidine rings is 4. The highest BCUT2D eigenvalue weighted by molar-refractivity contribution is 14.1. The van der Waals surface area contributed by atoms with E-state index in [2.05, 4.69) is 74.6 Å². The summed E-state index contributed by atoms with van der Waals surface area (Å²) in [6.45, 7) is 10.1. The summed E-state index contributed by atoms with van der Waals surface area (Å²) in [5, 5.41) is 11.8. The standard InChI is InChI=1S/C26H23FN2O3.C20H20BrN3O4.C20H20ClIN2O2.C20H22N2O2/c27-22-4-2-1-3-19(22)6-7-20-8-10-24(32-20)25(30)29-13-11-26(12-14-29)17-31-23-9-5-18(16-28)15-21(23)26;21-16-3-2-14(10-17(16)24(26)27)19(25)23-7-5-20(6-8-23)12-28-18-4-1-13(11-22)9-15(18)20;21-16-3-2-14(10-17(16)22)19(25)24-7-5-20(6-8-24)12-26-18-4-1-13(11-23)9-15(18)20;21-13-15-6-7-18-17(12-15)20(14-24-18)8-10-22(11-9-20)19(23)16-4-2-1-3-5-16/h1-5,8-10,15H,11-14,16-17,28H2;1-4,9-10H,5-8,11-12,22H2;1-4,9-10H,5-8,11-12,23H2;1-7,12H,8-11,13-14,21H2. The van der Waals surface area contributed by atoms with E-state index in [9.17, 15) is 33.7 Å². The fraction of sp³-hybridized carbons (Fsp3) is 0.326. The summed E-state index contributed by atoms with van der Waals surface area (Å²) in [7, 11) is 0. The van der Waals surface area contributed by atoms with E-state index in [-0.39, 0.29) is 68.1 Å². The average molecular weight is 1680 g/mol. The molecule has 0 atom stereocenters. The van der Waals surface area contributed by atoms with Crippen LogP contribution in [-0.2, 0) is 47.8 Å². The fourth-order valence-corrected chi connectivity index (χ4v) is 17.3. The lowest BCUT2D eigenvalue weighted by atomic mass is 9.74. The van der Waals surface area contributed by atoms with Crippen molar-refractivity contribution in [3.63, 3.8) is 0 Å². The van der Waals surface area contributed by atoms with Crippen molar-refractivity contribution in [2.24, 2.45) is 22.9 Å². The molecular weight excluding hydrogens is 1600 g/mol. The van der Waals surface area contributed by atoms with Gasteiger partial charge in [-0.15, -0.1) is 0 Å². The molecule has 8 aliphatic rings. The molecule has 110 heavy (non-hydrogen) atoms. The van der Waals surface area contributed by atoms with E-state index in [1.54, 1.807) is 59.5 Å². The number of amides is 4. The molecule has 0 radical (unpaired) electrons. The molecule has 9 aromatic rings. The molecule has 8 aliphatic heterocycles. The zero-order valence-electron chi connectivity index (χ0n) is 60.8. The largest absolute Gasteiger partial charge is 0.492 e. The Morgan fingerprint density at radius 1 is 0.464 bits per heavy atom. The Morgan fingerprint density at radius 3 is 1.23 bits per heavy atom. The molecule has 9 heterocycles. The average Bonchev–Trinajstić information content (AvgIpc) is 1.59. The molecule has 0 bridgehead atoms. The molecule has 4 fully saturated rings. The van der Waals surface area contributed by atoms with Gasteiger partial charge in [0.15, 0.2) is 11.5 Å². The van der Waals surface area contributed by atoms with Crippen LogP contribution in [0.1, 0.15) is 149 Å². The Hall–Kier alpha value is -9.65. The van der Waals surface area contributed by atoms with Gasteiger partial charge in [-0.25, -0.2) is 4.39 Å². The zero-order chi connectivity index (χ0) is 76.9. The van der Waals surface area contributed by atoms with Gasteiger partial charge in [0, 0.05) is 149 Å². The second-order valence-corrected chi connectivity index (χ2v) is 31.8. The number of fused-ring (bicyclic) bond motifs is 8. The molecule has 4 amide bonds. The van der Waals surface area contributed by atoms with Crippen LogP contribution in [0.5, 0.6) is 23.0 Å². The number of nitro benzene ring substituents is 1. The summed E-state index contributed by atoms with van der Waals surface area (Å²) in [5.74, 6) is 9.35. The number of ether oxygens (including phenoxy) is 4.